The van der Waals surface area contributed by atoms with Gasteiger partial charge in [-0.3, -0.25) is 13.8 Å². The number of phosphoric ester groups is 1. The molecule has 0 aliphatic heterocycles. The van der Waals surface area contributed by atoms with Gasteiger partial charge in [-0.15, -0.1) is 0 Å². The van der Waals surface area contributed by atoms with E-state index in [-0.39, 0.29) is 13.0 Å². The summed E-state index contributed by atoms with van der Waals surface area (Å²) >= 11 is 0. The van der Waals surface area contributed by atoms with Gasteiger partial charge < -0.3 is 39.9 Å². The largest absolute Gasteiger partial charge is 0.472 e. The highest BCUT2D eigenvalue weighted by Crippen LogP contribution is 2.47. The molecular formula is C41H71O12P. The number of carbonyl (C=O) groups excluding carboxylic acids is 1. The van der Waals surface area contributed by atoms with Crippen LogP contribution in [0.5, 0.6) is 0 Å². The Labute approximate surface area is 324 Å². The molecule has 0 spiro atoms. The van der Waals surface area contributed by atoms with Crippen molar-refractivity contribution in [2.45, 2.75) is 172 Å². The lowest BCUT2D eigenvalue weighted by atomic mass is 9.85. The molecule has 0 heterocycles. The minimum absolute atomic E-state index is 0.0608. The Bertz CT molecular complexity index is 1120. The van der Waals surface area contributed by atoms with Crippen LogP contribution in [-0.4, -0.2) is 98.9 Å². The van der Waals surface area contributed by atoms with E-state index >= 15 is 0 Å². The summed E-state index contributed by atoms with van der Waals surface area (Å²) in [5.41, 5.74) is 0. The first-order valence-electron chi connectivity index (χ1n) is 20.1. The van der Waals surface area contributed by atoms with Gasteiger partial charge in [-0.1, -0.05) is 120 Å². The highest BCUT2D eigenvalue weighted by Gasteiger charge is 2.51. The topological polar surface area (TPSA) is 192 Å². The number of ether oxygens (including phenoxy) is 2. The fourth-order valence-electron chi connectivity index (χ4n) is 5.66. The first kappa shape index (κ1) is 50.1. The van der Waals surface area contributed by atoms with Crippen LogP contribution in [0.15, 0.2) is 60.8 Å². The molecule has 0 aromatic heterocycles. The van der Waals surface area contributed by atoms with Crippen molar-refractivity contribution in [1.82, 2.24) is 0 Å². The quantitative estimate of drug-likeness (QED) is 0.0176. The molecule has 0 aromatic carbocycles. The Balaban J connectivity index is 2.52. The van der Waals surface area contributed by atoms with Gasteiger partial charge in [0.05, 0.1) is 13.2 Å². The Morgan fingerprint density at radius 1 is 0.611 bits per heavy atom. The molecule has 6 N–H and O–H groups in total. The fourth-order valence-corrected chi connectivity index (χ4v) is 6.63. The molecule has 6 atom stereocenters. The molecule has 1 fully saturated rings. The molecule has 312 valence electrons. The molecule has 0 saturated heterocycles. The molecule has 6 unspecified atom stereocenters. The van der Waals surface area contributed by atoms with Crippen molar-refractivity contribution in [3.05, 3.63) is 60.8 Å². The van der Waals surface area contributed by atoms with Crippen LogP contribution in [0.1, 0.15) is 129 Å². The van der Waals surface area contributed by atoms with E-state index in [1.807, 2.05) is 18.2 Å². The molecule has 0 radical (unpaired) electrons. The van der Waals surface area contributed by atoms with E-state index in [4.69, 9.17) is 18.5 Å². The number of phosphoric acid groups is 1. The highest BCUT2D eigenvalue weighted by molar-refractivity contribution is 7.47. The van der Waals surface area contributed by atoms with Crippen LogP contribution in [0.2, 0.25) is 0 Å². The maximum Gasteiger partial charge on any atom is 0.472 e. The van der Waals surface area contributed by atoms with Gasteiger partial charge in [-0.2, -0.15) is 0 Å². The summed E-state index contributed by atoms with van der Waals surface area (Å²) in [4.78, 5) is 23.0. The summed E-state index contributed by atoms with van der Waals surface area (Å²) in [6.07, 6.45) is 26.0. The first-order valence-corrected chi connectivity index (χ1v) is 21.6. The van der Waals surface area contributed by atoms with Crippen molar-refractivity contribution in [2.75, 3.05) is 19.8 Å². The van der Waals surface area contributed by atoms with Crippen LogP contribution in [0.4, 0.5) is 0 Å². The van der Waals surface area contributed by atoms with Gasteiger partial charge in [-0.25, -0.2) is 4.57 Å². The van der Waals surface area contributed by atoms with E-state index in [1.165, 1.54) is 44.9 Å². The smallest absolute Gasteiger partial charge is 0.457 e. The minimum atomic E-state index is -5.03. The Hall–Kier alpha value is -1.96. The van der Waals surface area contributed by atoms with E-state index < -0.39 is 63.1 Å². The average Bonchev–Trinajstić information content (AvgIpc) is 3.15. The minimum Gasteiger partial charge on any atom is -0.457 e. The summed E-state index contributed by atoms with van der Waals surface area (Å²) in [7, 11) is -5.03. The second kappa shape index (κ2) is 32.2. The van der Waals surface area contributed by atoms with Crippen molar-refractivity contribution >= 4 is 13.8 Å². The third kappa shape index (κ3) is 24.5. The van der Waals surface area contributed by atoms with Crippen molar-refractivity contribution in [3.8, 4) is 0 Å². The van der Waals surface area contributed by atoms with E-state index in [2.05, 4.69) is 56.4 Å². The van der Waals surface area contributed by atoms with Crippen LogP contribution < -0.4 is 0 Å². The molecule has 0 aromatic rings. The van der Waals surface area contributed by atoms with Gasteiger partial charge in [0.1, 0.15) is 42.7 Å². The highest BCUT2D eigenvalue weighted by atomic mass is 31.2. The van der Waals surface area contributed by atoms with Crippen LogP contribution >= 0.6 is 7.82 Å². The standard InChI is InChI=1S/C41H71O12P/c1-3-5-7-9-11-13-15-17-19-21-23-25-27-29-31-50-32-34(33-51-54(48,49)53-41-39(46)37(44)36(43)38(45)40(41)47)52-35(42)30-28-26-24-22-20-18-16-14-12-10-8-6-4-2/h6,8,12-15,18,20,24,26,34,36-41,43-47H,3-5,7,9-11,16-17,19,21-23,25,27-33H2,1-2H3,(H,48,49)/b8-6-,14-12-,15-13-,20-18-,26-24-. The number of rotatable bonds is 32. The third-order valence-electron chi connectivity index (χ3n) is 8.89. The lowest BCUT2D eigenvalue weighted by molar-refractivity contribution is -0.220. The van der Waals surface area contributed by atoms with Gasteiger partial charge >= 0.3 is 13.8 Å². The van der Waals surface area contributed by atoms with E-state index in [1.54, 1.807) is 0 Å². The summed E-state index contributed by atoms with van der Waals surface area (Å²) < 4.78 is 33.9. The van der Waals surface area contributed by atoms with E-state index in [9.17, 15) is 39.8 Å². The van der Waals surface area contributed by atoms with Gasteiger partial charge in [0, 0.05) is 13.0 Å². The first-order chi connectivity index (χ1) is 26.0. The number of allylic oxidation sites excluding steroid dienone is 10. The van der Waals surface area contributed by atoms with E-state index in [0.29, 0.717) is 13.0 Å². The van der Waals surface area contributed by atoms with Gasteiger partial charge in [0.25, 0.3) is 0 Å². The Morgan fingerprint density at radius 3 is 1.67 bits per heavy atom. The zero-order chi connectivity index (χ0) is 39.9. The second-order valence-corrected chi connectivity index (χ2v) is 15.2. The fraction of sp³-hybridized carbons (Fsp3) is 0.732. The van der Waals surface area contributed by atoms with Crippen LogP contribution in [0, 0.1) is 0 Å². The molecule has 0 amide bonds. The van der Waals surface area contributed by atoms with Gasteiger partial charge in [0.15, 0.2) is 0 Å². The third-order valence-corrected chi connectivity index (χ3v) is 9.87. The van der Waals surface area contributed by atoms with Crippen molar-refractivity contribution in [3.63, 3.8) is 0 Å². The van der Waals surface area contributed by atoms with E-state index in [0.717, 1.165) is 57.8 Å². The number of hydrogen-bond acceptors (Lipinski definition) is 11. The molecule has 12 nitrogen and oxygen atoms in total. The molecule has 0 bridgehead atoms. The zero-order valence-electron chi connectivity index (χ0n) is 32.7. The molecular weight excluding hydrogens is 715 g/mol. The number of esters is 1. The van der Waals surface area contributed by atoms with Crippen molar-refractivity contribution < 1.29 is 58.3 Å². The number of carbonyl (C=O) groups is 1. The number of unbranched alkanes of at least 4 members (excludes halogenated alkanes) is 10. The average molecular weight is 787 g/mol. The molecule has 1 aliphatic carbocycles. The molecule has 1 aliphatic rings. The van der Waals surface area contributed by atoms with Gasteiger partial charge in [0.2, 0.25) is 0 Å². The summed E-state index contributed by atoms with van der Waals surface area (Å²) in [6, 6.07) is 0. The maximum absolute atomic E-state index is 12.7. The summed E-state index contributed by atoms with van der Waals surface area (Å²) in [5.74, 6) is -0.562. The number of aliphatic hydroxyl groups is 5. The van der Waals surface area contributed by atoms with Crippen LogP contribution in [-0.2, 0) is 27.9 Å². The predicted octanol–water partition coefficient (Wildman–Crippen LogP) is 7.08. The Kier molecular flexibility index (Phi) is 29.8. The van der Waals surface area contributed by atoms with Crippen molar-refractivity contribution in [1.29, 1.82) is 0 Å². The second-order valence-electron chi connectivity index (χ2n) is 13.7. The normalized spacial score (nSPS) is 24.1. The predicted molar refractivity (Wildman–Crippen MR) is 212 cm³/mol. The lowest BCUT2D eigenvalue weighted by Crippen LogP contribution is -2.64. The van der Waals surface area contributed by atoms with Crippen molar-refractivity contribution in [2.24, 2.45) is 0 Å². The summed E-state index contributed by atoms with van der Waals surface area (Å²) in [6.45, 7) is 4.00. The van der Waals surface area contributed by atoms with Crippen LogP contribution in [0.3, 0.4) is 0 Å². The Morgan fingerprint density at radius 2 is 1.09 bits per heavy atom. The lowest BCUT2D eigenvalue weighted by Gasteiger charge is -2.41. The molecule has 1 rings (SSSR count). The molecule has 54 heavy (non-hydrogen) atoms. The molecule has 1 saturated carbocycles. The maximum atomic E-state index is 12.7. The van der Waals surface area contributed by atoms with Gasteiger partial charge in [-0.05, 0) is 64.2 Å². The number of hydrogen-bond donors (Lipinski definition) is 6. The number of aliphatic hydroxyl groups excluding tert-OH is 5. The monoisotopic (exact) mass is 786 g/mol. The molecule has 13 heteroatoms. The SMILES string of the molecule is CC/C=C\C/C=C\C/C=C\C/C=C\CCC(=O)OC(COCCCCCCCC/C=C\CCCCCC)COP(=O)(O)OC1C(O)C(O)C(O)C(O)C1O. The summed E-state index contributed by atoms with van der Waals surface area (Å²) in [5, 5.41) is 50.0. The zero-order valence-corrected chi connectivity index (χ0v) is 33.6. The van der Waals surface area contributed by atoms with Crippen LogP contribution in [0.25, 0.3) is 0 Å².